The van der Waals surface area contributed by atoms with Gasteiger partial charge in [-0.05, 0) is 69.2 Å². The first-order chi connectivity index (χ1) is 22.5. The molecule has 0 saturated carbocycles. The molecule has 272 valence electrons. The fraction of sp³-hybridized carbons (Fsp3) is 0.459. The van der Waals surface area contributed by atoms with E-state index in [2.05, 4.69) is 73.3 Å². The summed E-state index contributed by atoms with van der Waals surface area (Å²) in [5.41, 5.74) is 4.02. The first kappa shape index (κ1) is 43.6. The molecule has 0 fully saturated rings. The average Bonchev–Trinajstić information content (AvgIpc) is 3.06. The predicted molar refractivity (Wildman–Crippen MR) is 203 cm³/mol. The standard InChI is InChI=1S/C22H28N4O6.C15H24.2ClH/c27-11-9-23-5-7-25-13-1-2-14(26-8-6-24-10-12-28)18-17(13)21(31)19-15(29)3-4-16(30)20(19)22(18)32;1-13-7-5-8-14(2)10-12-15(3,4)11-6-9-13;;/h1-4,23-30H,5-12H2;6-7,10-11H,5,8-9,12H2,1-4H3;2*1H. The van der Waals surface area contributed by atoms with Crippen molar-refractivity contribution in [2.45, 2.75) is 53.4 Å². The van der Waals surface area contributed by atoms with Gasteiger partial charge in [0.05, 0.1) is 35.5 Å². The Labute approximate surface area is 303 Å². The molecule has 8 N–H and O–H groups in total. The van der Waals surface area contributed by atoms with Crippen LogP contribution in [-0.2, 0) is 0 Å². The number of hydrogen-bond acceptors (Lipinski definition) is 10. The van der Waals surface area contributed by atoms with Crippen molar-refractivity contribution in [3.05, 3.63) is 82.0 Å². The van der Waals surface area contributed by atoms with Gasteiger partial charge in [-0.2, -0.15) is 0 Å². The second kappa shape index (κ2) is 21.7. The Kier molecular flexibility index (Phi) is 19.3. The van der Waals surface area contributed by atoms with Crippen molar-refractivity contribution >= 4 is 47.8 Å². The molecular weight excluding hydrogens is 667 g/mol. The van der Waals surface area contributed by atoms with Gasteiger partial charge in [-0.3, -0.25) is 9.59 Å². The minimum atomic E-state index is -0.559. The Bertz CT molecular complexity index is 1410. The molecular formula is C37H54Cl2N4O6. The Morgan fingerprint density at radius 2 is 1.16 bits per heavy atom. The van der Waals surface area contributed by atoms with E-state index in [0.717, 1.165) is 12.8 Å². The lowest BCUT2D eigenvalue weighted by Gasteiger charge is -2.25. The molecule has 49 heavy (non-hydrogen) atoms. The summed E-state index contributed by atoms with van der Waals surface area (Å²) < 4.78 is 0. The number of ketones is 2. The highest BCUT2D eigenvalue weighted by Crippen LogP contribution is 2.42. The Hall–Kier alpha value is -3.38. The smallest absolute Gasteiger partial charge is 0.200 e. The zero-order valence-electron chi connectivity index (χ0n) is 29.0. The largest absolute Gasteiger partial charge is 0.507 e. The number of aliphatic hydroxyl groups is 2. The minimum absolute atomic E-state index is 0. The number of fused-ring (bicyclic) bond motifs is 2. The summed E-state index contributed by atoms with van der Waals surface area (Å²) in [6, 6.07) is 5.74. The number of carbonyl (C=O) groups is 2. The van der Waals surface area contributed by atoms with E-state index in [4.69, 9.17) is 10.2 Å². The summed E-state index contributed by atoms with van der Waals surface area (Å²) in [5.74, 6) is -1.86. The molecule has 0 radical (unpaired) electrons. The summed E-state index contributed by atoms with van der Waals surface area (Å²) in [7, 11) is 0. The average molecular weight is 722 g/mol. The molecule has 10 nitrogen and oxygen atoms in total. The number of phenolic OH excluding ortho intramolecular Hbond substituents is 2. The molecule has 0 unspecified atom stereocenters. The number of carbonyl (C=O) groups excluding carboxylic acids is 2. The first-order valence-corrected chi connectivity index (χ1v) is 16.4. The number of aliphatic hydroxyl groups excluding tert-OH is 2. The molecule has 0 aliphatic heterocycles. The van der Waals surface area contributed by atoms with Crippen molar-refractivity contribution in [1.82, 2.24) is 10.6 Å². The van der Waals surface area contributed by atoms with E-state index < -0.39 is 11.6 Å². The van der Waals surface area contributed by atoms with Gasteiger partial charge in [0, 0.05) is 50.6 Å². The second-order valence-corrected chi connectivity index (χ2v) is 12.7. The zero-order valence-corrected chi connectivity index (χ0v) is 30.7. The number of hydrogen-bond donors (Lipinski definition) is 8. The van der Waals surface area contributed by atoms with Gasteiger partial charge in [-0.15, -0.1) is 24.8 Å². The van der Waals surface area contributed by atoms with E-state index in [9.17, 15) is 19.8 Å². The lowest BCUT2D eigenvalue weighted by atomic mass is 9.81. The van der Waals surface area contributed by atoms with E-state index in [0.29, 0.717) is 56.1 Å². The maximum atomic E-state index is 13.4. The molecule has 2 aliphatic rings. The number of phenols is 2. The summed E-state index contributed by atoms with van der Waals surface area (Å²) in [6.07, 6.45) is 14.1. The highest BCUT2D eigenvalue weighted by atomic mass is 35.5. The van der Waals surface area contributed by atoms with Crippen LogP contribution in [0.3, 0.4) is 0 Å². The van der Waals surface area contributed by atoms with Crippen molar-refractivity contribution in [3.8, 4) is 11.5 Å². The Morgan fingerprint density at radius 1 is 0.673 bits per heavy atom. The number of nitrogens with one attached hydrogen (secondary N) is 4. The third-order valence-electron chi connectivity index (χ3n) is 8.10. The van der Waals surface area contributed by atoms with Crippen LogP contribution in [0.1, 0.15) is 85.2 Å². The van der Waals surface area contributed by atoms with Crippen LogP contribution in [0.25, 0.3) is 0 Å². The molecule has 4 rings (SSSR count). The highest BCUT2D eigenvalue weighted by molar-refractivity contribution is 6.33. The molecule has 0 aromatic heterocycles. The Morgan fingerprint density at radius 3 is 1.63 bits per heavy atom. The third kappa shape index (κ3) is 12.8. The predicted octanol–water partition coefficient (Wildman–Crippen LogP) is 5.74. The van der Waals surface area contributed by atoms with Crippen molar-refractivity contribution in [1.29, 1.82) is 0 Å². The number of allylic oxidation sites excluding steroid dienone is 6. The molecule has 0 atom stereocenters. The number of anilines is 2. The van der Waals surface area contributed by atoms with Crippen LogP contribution < -0.4 is 21.3 Å². The number of benzene rings is 2. The summed E-state index contributed by atoms with van der Waals surface area (Å²) >= 11 is 0. The number of rotatable bonds is 12. The Balaban J connectivity index is 0.000000598. The summed E-state index contributed by atoms with van der Waals surface area (Å²) in [6.45, 7) is 11.9. The van der Waals surface area contributed by atoms with E-state index in [1.807, 2.05) is 0 Å². The van der Waals surface area contributed by atoms with Gasteiger partial charge in [-0.25, -0.2) is 0 Å². The highest BCUT2D eigenvalue weighted by Gasteiger charge is 2.37. The number of halogens is 2. The first-order valence-electron chi connectivity index (χ1n) is 16.4. The van der Waals surface area contributed by atoms with Gasteiger partial charge in [0.2, 0.25) is 11.6 Å². The lowest BCUT2D eigenvalue weighted by molar-refractivity contribution is 0.0975. The van der Waals surface area contributed by atoms with E-state index >= 15 is 0 Å². The van der Waals surface area contributed by atoms with E-state index in [1.165, 1.54) is 36.1 Å². The third-order valence-corrected chi connectivity index (χ3v) is 8.10. The van der Waals surface area contributed by atoms with Crippen LogP contribution in [0.4, 0.5) is 11.4 Å². The van der Waals surface area contributed by atoms with Crippen molar-refractivity contribution < 1.29 is 30.0 Å². The summed E-state index contributed by atoms with van der Waals surface area (Å²) in [4.78, 5) is 26.7. The SMILES string of the molecule is CC1=CCCC(C)=CCC(C)(C)C=CC1.Cl.Cl.O=C1c2c(O)ccc(O)c2C(=O)c2c(NCCNCCO)ccc(NCCNCCO)c21. The lowest BCUT2D eigenvalue weighted by Crippen LogP contribution is -2.28. The van der Waals surface area contributed by atoms with E-state index in [1.54, 1.807) is 12.1 Å². The van der Waals surface area contributed by atoms with Crippen LogP contribution in [0.2, 0.25) is 0 Å². The van der Waals surface area contributed by atoms with Gasteiger partial charge < -0.3 is 41.7 Å². The maximum Gasteiger partial charge on any atom is 0.200 e. The fourth-order valence-corrected chi connectivity index (χ4v) is 5.44. The van der Waals surface area contributed by atoms with Gasteiger partial charge in [0.25, 0.3) is 0 Å². The van der Waals surface area contributed by atoms with Crippen LogP contribution in [0.15, 0.2) is 59.7 Å². The van der Waals surface area contributed by atoms with Crippen LogP contribution in [0.5, 0.6) is 11.5 Å². The summed E-state index contributed by atoms with van der Waals surface area (Å²) in [5, 5.41) is 50.6. The number of aromatic hydroxyl groups is 2. The van der Waals surface area contributed by atoms with Crippen molar-refractivity contribution in [3.63, 3.8) is 0 Å². The molecule has 12 heteroatoms. The molecule has 0 heterocycles. The normalized spacial score (nSPS) is 15.1. The van der Waals surface area contributed by atoms with Gasteiger partial charge in [-0.1, -0.05) is 49.3 Å². The van der Waals surface area contributed by atoms with Crippen LogP contribution in [-0.4, -0.2) is 84.5 Å². The zero-order chi connectivity index (χ0) is 34.4. The van der Waals surface area contributed by atoms with Crippen LogP contribution in [0, 0.1) is 5.41 Å². The van der Waals surface area contributed by atoms with Gasteiger partial charge in [0.1, 0.15) is 11.5 Å². The van der Waals surface area contributed by atoms with Crippen molar-refractivity contribution in [2.24, 2.45) is 5.41 Å². The topological polar surface area (TPSA) is 163 Å². The molecule has 0 bridgehead atoms. The van der Waals surface area contributed by atoms with Gasteiger partial charge >= 0.3 is 0 Å². The van der Waals surface area contributed by atoms with Crippen molar-refractivity contribution in [2.75, 3.05) is 63.1 Å². The molecule has 2 aromatic rings. The minimum Gasteiger partial charge on any atom is -0.507 e. The molecule has 2 aromatic carbocycles. The van der Waals surface area contributed by atoms with Gasteiger partial charge in [0.15, 0.2) is 0 Å². The monoisotopic (exact) mass is 720 g/mol. The molecule has 2 aliphatic carbocycles. The van der Waals surface area contributed by atoms with E-state index in [-0.39, 0.29) is 71.8 Å². The van der Waals surface area contributed by atoms with Crippen LogP contribution >= 0.6 is 24.8 Å². The fourth-order valence-electron chi connectivity index (χ4n) is 5.44. The quantitative estimate of drug-likeness (QED) is 0.0658. The molecule has 0 saturated heterocycles. The molecule has 0 spiro atoms. The molecule has 0 amide bonds. The second-order valence-electron chi connectivity index (χ2n) is 12.7. The maximum absolute atomic E-state index is 13.4.